The van der Waals surface area contributed by atoms with Crippen molar-refractivity contribution in [3.05, 3.63) is 65.5 Å². The number of hydrogen-bond donors (Lipinski definition) is 1. The van der Waals surface area contributed by atoms with Crippen LogP contribution in [0.5, 0.6) is 5.75 Å². The van der Waals surface area contributed by atoms with Gasteiger partial charge in [-0.1, -0.05) is 24.3 Å². The van der Waals surface area contributed by atoms with Crippen molar-refractivity contribution in [3.8, 4) is 11.4 Å². The molecule has 0 unspecified atom stereocenters. The molecule has 0 radical (unpaired) electrons. The highest BCUT2D eigenvalue weighted by atomic mass is 16.5. The van der Waals surface area contributed by atoms with Crippen molar-refractivity contribution in [1.29, 1.82) is 0 Å². The number of ether oxygens (including phenoxy) is 1. The van der Waals surface area contributed by atoms with Crippen molar-refractivity contribution >= 4 is 11.6 Å². The lowest BCUT2D eigenvalue weighted by Gasteiger charge is -2.07. The van der Waals surface area contributed by atoms with E-state index >= 15 is 0 Å². The Morgan fingerprint density at radius 2 is 1.77 bits per heavy atom. The normalized spacial score (nSPS) is 10.6. The highest BCUT2D eigenvalue weighted by Crippen LogP contribution is 2.18. The molecule has 6 nitrogen and oxygen atoms in total. The zero-order valence-electron chi connectivity index (χ0n) is 15.2. The molecule has 3 aromatic rings. The third-order valence-electron chi connectivity index (χ3n) is 4.12. The second kappa shape index (κ2) is 7.82. The maximum absolute atomic E-state index is 12.5. The highest BCUT2D eigenvalue weighted by molar-refractivity contribution is 6.03. The van der Waals surface area contributed by atoms with Crippen LogP contribution in [0.15, 0.2) is 48.5 Å². The molecule has 0 saturated heterocycles. The lowest BCUT2D eigenvalue weighted by molar-refractivity contribution is 0.102. The summed E-state index contributed by atoms with van der Waals surface area (Å²) >= 11 is 0. The molecule has 0 spiro atoms. The van der Waals surface area contributed by atoms with Gasteiger partial charge >= 0.3 is 0 Å². The van der Waals surface area contributed by atoms with Gasteiger partial charge in [-0.05, 0) is 62.2 Å². The molecule has 1 heterocycles. The van der Waals surface area contributed by atoms with E-state index in [2.05, 4.69) is 22.6 Å². The van der Waals surface area contributed by atoms with Crippen LogP contribution >= 0.6 is 0 Å². The Bertz CT molecular complexity index is 883. The molecule has 1 amide bonds. The summed E-state index contributed by atoms with van der Waals surface area (Å²) in [7, 11) is 0. The standard InChI is InChI=1S/C20H22N4O2/c1-4-15-6-8-16(9-7-15)21-20(25)19-14(3)24(23-22-19)17-10-12-18(13-11-17)26-5-2/h6-13H,4-5H2,1-3H3,(H,21,25). The topological polar surface area (TPSA) is 69.0 Å². The lowest BCUT2D eigenvalue weighted by atomic mass is 10.1. The van der Waals surface area contributed by atoms with Crippen molar-refractivity contribution in [1.82, 2.24) is 15.0 Å². The molecular formula is C20H22N4O2. The predicted octanol–water partition coefficient (Wildman–Crippen LogP) is 3.79. The van der Waals surface area contributed by atoms with Gasteiger partial charge in [0.25, 0.3) is 5.91 Å². The van der Waals surface area contributed by atoms with Crippen LogP contribution in [0.25, 0.3) is 5.69 Å². The van der Waals surface area contributed by atoms with E-state index in [0.29, 0.717) is 18.0 Å². The average molecular weight is 350 g/mol. The number of nitrogens with zero attached hydrogens (tertiary/aromatic N) is 3. The first-order valence-electron chi connectivity index (χ1n) is 8.68. The minimum atomic E-state index is -0.274. The largest absolute Gasteiger partial charge is 0.494 e. The number of aromatic nitrogens is 3. The van der Waals surface area contributed by atoms with Crippen LogP contribution in [0.1, 0.15) is 35.6 Å². The van der Waals surface area contributed by atoms with Gasteiger partial charge in [-0.25, -0.2) is 4.68 Å². The molecule has 0 atom stereocenters. The van der Waals surface area contributed by atoms with Gasteiger partial charge in [-0.15, -0.1) is 5.10 Å². The fourth-order valence-electron chi connectivity index (χ4n) is 2.65. The highest BCUT2D eigenvalue weighted by Gasteiger charge is 2.17. The Hall–Kier alpha value is -3.15. The second-order valence-corrected chi connectivity index (χ2v) is 5.87. The summed E-state index contributed by atoms with van der Waals surface area (Å²) in [6.45, 7) is 6.48. The molecule has 0 fully saturated rings. The summed E-state index contributed by atoms with van der Waals surface area (Å²) in [5, 5.41) is 11.0. The molecular weight excluding hydrogens is 328 g/mol. The van der Waals surface area contributed by atoms with Gasteiger partial charge in [-0.3, -0.25) is 4.79 Å². The minimum absolute atomic E-state index is 0.274. The second-order valence-electron chi connectivity index (χ2n) is 5.87. The summed E-state index contributed by atoms with van der Waals surface area (Å²) in [6, 6.07) is 15.3. The van der Waals surface area contributed by atoms with Crippen molar-refractivity contribution in [3.63, 3.8) is 0 Å². The van der Waals surface area contributed by atoms with Crippen molar-refractivity contribution in [2.24, 2.45) is 0 Å². The van der Waals surface area contributed by atoms with E-state index in [1.807, 2.05) is 62.4 Å². The number of carbonyl (C=O) groups is 1. The molecule has 6 heteroatoms. The van der Waals surface area contributed by atoms with E-state index in [0.717, 1.165) is 23.5 Å². The summed E-state index contributed by atoms with van der Waals surface area (Å²) in [5.74, 6) is 0.520. The molecule has 0 aliphatic heterocycles. The predicted molar refractivity (Wildman–Crippen MR) is 101 cm³/mol. The fourth-order valence-corrected chi connectivity index (χ4v) is 2.65. The first kappa shape index (κ1) is 17.7. The number of carbonyl (C=O) groups excluding carboxylic acids is 1. The summed E-state index contributed by atoms with van der Waals surface area (Å²) in [4.78, 5) is 12.5. The average Bonchev–Trinajstić information content (AvgIpc) is 3.05. The van der Waals surface area contributed by atoms with Gasteiger partial charge in [0.05, 0.1) is 18.0 Å². The molecule has 2 aromatic carbocycles. The van der Waals surface area contributed by atoms with E-state index in [-0.39, 0.29) is 5.91 Å². The van der Waals surface area contributed by atoms with Gasteiger partial charge in [0.2, 0.25) is 0 Å². The number of hydrogen-bond acceptors (Lipinski definition) is 4. The van der Waals surface area contributed by atoms with Crippen LogP contribution in [0.4, 0.5) is 5.69 Å². The van der Waals surface area contributed by atoms with Crippen LogP contribution in [-0.4, -0.2) is 27.5 Å². The SMILES string of the molecule is CCOc1ccc(-n2nnc(C(=O)Nc3ccc(CC)cc3)c2C)cc1. The molecule has 26 heavy (non-hydrogen) atoms. The number of benzene rings is 2. The van der Waals surface area contributed by atoms with Crippen molar-refractivity contribution in [2.45, 2.75) is 27.2 Å². The number of nitrogens with one attached hydrogen (secondary N) is 1. The van der Waals surface area contributed by atoms with Crippen LogP contribution in [0, 0.1) is 6.92 Å². The molecule has 3 rings (SSSR count). The minimum Gasteiger partial charge on any atom is -0.494 e. The zero-order valence-corrected chi connectivity index (χ0v) is 15.2. The quantitative estimate of drug-likeness (QED) is 0.734. The maximum atomic E-state index is 12.5. The van der Waals surface area contributed by atoms with Gasteiger partial charge in [0.1, 0.15) is 5.75 Å². The van der Waals surface area contributed by atoms with E-state index in [1.165, 1.54) is 5.56 Å². The van der Waals surface area contributed by atoms with E-state index in [1.54, 1.807) is 4.68 Å². The van der Waals surface area contributed by atoms with E-state index < -0.39 is 0 Å². The van der Waals surface area contributed by atoms with Crippen molar-refractivity contribution < 1.29 is 9.53 Å². The Morgan fingerprint density at radius 3 is 2.38 bits per heavy atom. The van der Waals surface area contributed by atoms with Gasteiger partial charge in [-0.2, -0.15) is 0 Å². The Morgan fingerprint density at radius 1 is 1.08 bits per heavy atom. The third kappa shape index (κ3) is 3.74. The number of rotatable bonds is 6. The van der Waals surface area contributed by atoms with Gasteiger partial charge in [0, 0.05) is 5.69 Å². The van der Waals surface area contributed by atoms with E-state index in [4.69, 9.17) is 4.74 Å². The van der Waals surface area contributed by atoms with Gasteiger partial charge in [0.15, 0.2) is 5.69 Å². The molecule has 1 aromatic heterocycles. The Labute approximate surface area is 152 Å². The third-order valence-corrected chi connectivity index (χ3v) is 4.12. The van der Waals surface area contributed by atoms with Crippen LogP contribution in [-0.2, 0) is 6.42 Å². The number of amides is 1. The summed E-state index contributed by atoms with van der Waals surface area (Å²) < 4.78 is 7.09. The molecule has 1 N–H and O–H groups in total. The first-order valence-corrected chi connectivity index (χ1v) is 8.68. The molecule has 0 aliphatic carbocycles. The van der Waals surface area contributed by atoms with Crippen molar-refractivity contribution in [2.75, 3.05) is 11.9 Å². The monoisotopic (exact) mass is 350 g/mol. The summed E-state index contributed by atoms with van der Waals surface area (Å²) in [5.41, 5.74) is 3.77. The Balaban J connectivity index is 1.77. The number of anilines is 1. The molecule has 0 aliphatic rings. The van der Waals surface area contributed by atoms with E-state index in [9.17, 15) is 4.79 Å². The first-order chi connectivity index (χ1) is 12.6. The number of aryl methyl sites for hydroxylation is 1. The van der Waals surface area contributed by atoms with Crippen LogP contribution in [0.2, 0.25) is 0 Å². The molecule has 0 saturated carbocycles. The Kier molecular flexibility index (Phi) is 5.31. The molecule has 134 valence electrons. The smallest absolute Gasteiger partial charge is 0.278 e. The molecule has 0 bridgehead atoms. The summed E-state index contributed by atoms with van der Waals surface area (Å²) in [6.07, 6.45) is 0.962. The fraction of sp³-hybridized carbons (Fsp3) is 0.250. The van der Waals surface area contributed by atoms with Gasteiger partial charge < -0.3 is 10.1 Å². The van der Waals surface area contributed by atoms with Crippen LogP contribution in [0.3, 0.4) is 0 Å². The maximum Gasteiger partial charge on any atom is 0.278 e. The zero-order chi connectivity index (χ0) is 18.5. The van der Waals surface area contributed by atoms with Crippen LogP contribution < -0.4 is 10.1 Å². The lowest BCUT2D eigenvalue weighted by Crippen LogP contribution is -2.14.